The molecule has 4 rings (SSSR count). The fourth-order valence-electron chi connectivity index (χ4n) is 3.87. The summed E-state index contributed by atoms with van der Waals surface area (Å²) in [4.78, 5) is 23.9. The Bertz CT molecular complexity index is 1230. The minimum Gasteiger partial charge on any atom is -0.508 e. The van der Waals surface area contributed by atoms with Gasteiger partial charge < -0.3 is 65.3 Å². The van der Waals surface area contributed by atoms with E-state index in [9.17, 15) is 55.5 Å². The van der Waals surface area contributed by atoms with Crippen molar-refractivity contribution in [1.82, 2.24) is 0 Å². The molecule has 0 amide bonds. The maximum Gasteiger partial charge on any atom is 0.335 e. The summed E-state index contributed by atoms with van der Waals surface area (Å²) in [7, 11) is 0. The summed E-state index contributed by atoms with van der Waals surface area (Å²) in [5.41, 5.74) is -1.03. The van der Waals surface area contributed by atoms with Crippen LogP contribution in [0.2, 0.25) is 0 Å². The van der Waals surface area contributed by atoms with E-state index < -0.39 is 106 Å². The number of ether oxygens (including phenoxy) is 3. The van der Waals surface area contributed by atoms with Gasteiger partial charge in [-0.25, -0.2) is 4.79 Å². The summed E-state index contributed by atoms with van der Waals surface area (Å²) < 4.78 is 15.6. The molecule has 7 unspecified atom stereocenters. The van der Waals surface area contributed by atoms with Gasteiger partial charge in [-0.3, -0.25) is 4.79 Å². The molecule has 15 nitrogen and oxygen atoms in total. The molecule has 2 aliphatic rings. The third-order valence-electron chi connectivity index (χ3n) is 5.73. The highest BCUT2D eigenvalue weighted by Gasteiger charge is 2.49. The van der Waals surface area contributed by atoms with Crippen molar-refractivity contribution in [1.29, 1.82) is 0 Å². The predicted octanol–water partition coefficient (Wildman–Crippen LogP) is -1.84. The topological polar surface area (TPSA) is 264 Å². The van der Waals surface area contributed by atoms with E-state index in [0.29, 0.717) is 0 Å². The predicted molar refractivity (Wildman–Crippen MR) is 110 cm³/mol. The zero-order valence-corrected chi connectivity index (χ0v) is 17.8. The summed E-state index contributed by atoms with van der Waals surface area (Å²) in [6, 6.07) is 2.52. The van der Waals surface area contributed by atoms with Crippen LogP contribution in [0.4, 0.5) is 0 Å². The molecule has 1 fully saturated rings. The van der Waals surface area contributed by atoms with E-state index >= 15 is 0 Å². The molecule has 1 saturated heterocycles. The van der Waals surface area contributed by atoms with Gasteiger partial charge in [0.25, 0.3) is 0 Å². The first-order chi connectivity index (χ1) is 16.8. The van der Waals surface area contributed by atoms with Crippen LogP contribution in [-0.4, -0.2) is 99.6 Å². The van der Waals surface area contributed by atoms with Crippen molar-refractivity contribution in [3.8, 4) is 40.2 Å². The number of carbonyl (C=O) groups is 2. The summed E-state index contributed by atoms with van der Waals surface area (Å²) in [5, 5.41) is 99.9. The van der Waals surface area contributed by atoms with Crippen LogP contribution in [0.3, 0.4) is 0 Å². The summed E-state index contributed by atoms with van der Waals surface area (Å²) in [5.74, 6) is -8.65. The number of hydrogen-bond donors (Lipinski definition) is 10. The second-order valence-electron chi connectivity index (χ2n) is 8.05. The minimum atomic E-state index is -2.08. The molecule has 194 valence electrons. The molecule has 7 atom stereocenters. The number of rotatable bonds is 4. The second-order valence-corrected chi connectivity index (χ2v) is 8.05. The average Bonchev–Trinajstić information content (AvgIpc) is 2.81. The van der Waals surface area contributed by atoms with Crippen molar-refractivity contribution < 1.29 is 74.9 Å². The Kier molecular flexibility index (Phi) is 6.19. The highest BCUT2D eigenvalue weighted by atomic mass is 16.7. The number of carboxylic acid groups (broad SMARTS) is 1. The lowest BCUT2D eigenvalue weighted by Crippen LogP contribution is -2.61. The smallest absolute Gasteiger partial charge is 0.335 e. The van der Waals surface area contributed by atoms with Crippen LogP contribution in [0.15, 0.2) is 18.2 Å². The lowest BCUT2D eigenvalue weighted by molar-refractivity contribution is -0.271. The monoisotopic (exact) mass is 512 g/mol. The van der Waals surface area contributed by atoms with Crippen LogP contribution < -0.4 is 9.47 Å². The number of phenolic OH excluding ortho intramolecular Hbond substituents is 5. The number of aromatic hydroxyl groups is 5. The lowest BCUT2D eigenvalue weighted by atomic mass is 9.92. The number of aliphatic carboxylic acids is 1. The molecule has 36 heavy (non-hydrogen) atoms. The van der Waals surface area contributed by atoms with Crippen molar-refractivity contribution in [3.63, 3.8) is 0 Å². The molecule has 0 aliphatic carbocycles. The SMILES string of the molecule is O=C1c2c(O)cc(O)cc2OC(c2cc(OC3OC(C(=O)O)C(O)C(O)C3O)c(O)c(O)c2O)C1O. The van der Waals surface area contributed by atoms with E-state index in [4.69, 9.17) is 19.3 Å². The van der Waals surface area contributed by atoms with Crippen LogP contribution in [0.5, 0.6) is 40.2 Å². The Morgan fingerprint density at radius 1 is 0.861 bits per heavy atom. The number of aliphatic hydroxyl groups excluding tert-OH is 4. The number of carbonyl (C=O) groups excluding carboxylic acids is 1. The largest absolute Gasteiger partial charge is 0.508 e. The van der Waals surface area contributed by atoms with Crippen LogP contribution in [0.1, 0.15) is 22.0 Å². The minimum absolute atomic E-state index is 0.394. The number of phenols is 5. The van der Waals surface area contributed by atoms with Crippen LogP contribution in [0, 0.1) is 0 Å². The summed E-state index contributed by atoms with van der Waals surface area (Å²) in [6.07, 6.45) is -14.1. The van der Waals surface area contributed by atoms with Gasteiger partial charge in [-0.05, 0) is 6.07 Å². The average molecular weight is 512 g/mol. The van der Waals surface area contributed by atoms with Gasteiger partial charge in [0.15, 0.2) is 29.8 Å². The molecule has 0 bridgehead atoms. The van der Waals surface area contributed by atoms with Gasteiger partial charge in [0.05, 0.1) is 0 Å². The van der Waals surface area contributed by atoms with Gasteiger partial charge in [-0.1, -0.05) is 0 Å². The maximum atomic E-state index is 12.7. The number of carboxylic acids is 1. The van der Waals surface area contributed by atoms with Crippen molar-refractivity contribution in [2.75, 3.05) is 0 Å². The standard InChI is InChI=1S/C21H20O15/c22-4-1-6(23)9-7(2-4)34-18(15(29)12(9)26)5-3-8(11(25)13(27)10(5)24)35-21-17(31)14(28)16(30)19(36-21)20(32)33/h1-3,14-19,21-25,27-31H,(H,32,33). The zero-order chi connectivity index (χ0) is 26.6. The molecule has 0 saturated carbocycles. The first-order valence-electron chi connectivity index (χ1n) is 10.1. The zero-order valence-electron chi connectivity index (χ0n) is 17.8. The quantitative estimate of drug-likeness (QED) is 0.202. The number of benzene rings is 2. The third-order valence-corrected chi connectivity index (χ3v) is 5.73. The van der Waals surface area contributed by atoms with E-state index in [2.05, 4.69) is 0 Å². The van der Waals surface area contributed by atoms with Crippen molar-refractivity contribution in [2.24, 2.45) is 0 Å². The van der Waals surface area contributed by atoms with Crippen LogP contribution in [0.25, 0.3) is 0 Å². The van der Waals surface area contributed by atoms with Crippen LogP contribution in [-0.2, 0) is 9.53 Å². The molecular weight excluding hydrogens is 492 g/mol. The van der Waals surface area contributed by atoms with Crippen molar-refractivity contribution >= 4 is 11.8 Å². The summed E-state index contributed by atoms with van der Waals surface area (Å²) in [6.45, 7) is 0. The van der Waals surface area contributed by atoms with Gasteiger partial charge in [0.2, 0.25) is 23.6 Å². The molecule has 10 N–H and O–H groups in total. The van der Waals surface area contributed by atoms with Crippen LogP contribution >= 0.6 is 0 Å². The molecule has 2 heterocycles. The van der Waals surface area contributed by atoms with E-state index in [0.717, 1.165) is 18.2 Å². The molecule has 2 aromatic carbocycles. The number of Topliss-reactive ketones (excluding diaryl/α,β-unsaturated/α-hetero) is 1. The van der Waals surface area contributed by atoms with Gasteiger partial charge in [-0.15, -0.1) is 0 Å². The first-order valence-corrected chi connectivity index (χ1v) is 10.1. The third kappa shape index (κ3) is 3.94. The van der Waals surface area contributed by atoms with E-state index in [1.807, 2.05) is 0 Å². The van der Waals surface area contributed by atoms with E-state index in [-0.39, 0.29) is 0 Å². The fourth-order valence-corrected chi connectivity index (χ4v) is 3.87. The Hall–Kier alpha value is -4.02. The molecule has 0 aromatic heterocycles. The first kappa shape index (κ1) is 25.1. The Labute approximate surface area is 199 Å². The van der Waals surface area contributed by atoms with Crippen molar-refractivity contribution in [3.05, 3.63) is 29.3 Å². The van der Waals surface area contributed by atoms with E-state index in [1.54, 1.807) is 0 Å². The highest BCUT2D eigenvalue weighted by molar-refractivity contribution is 6.05. The van der Waals surface area contributed by atoms with Gasteiger partial charge in [-0.2, -0.15) is 0 Å². The molecule has 0 spiro atoms. The molecule has 2 aliphatic heterocycles. The molecule has 2 aromatic rings. The van der Waals surface area contributed by atoms with Gasteiger partial charge in [0, 0.05) is 17.7 Å². The van der Waals surface area contributed by atoms with Crippen molar-refractivity contribution in [2.45, 2.75) is 42.9 Å². The molecule has 0 radical (unpaired) electrons. The number of aliphatic hydroxyl groups is 4. The normalized spacial score (nSPS) is 29.8. The molecular formula is C21H20O15. The Morgan fingerprint density at radius 3 is 2.17 bits per heavy atom. The Morgan fingerprint density at radius 2 is 1.53 bits per heavy atom. The number of fused-ring (bicyclic) bond motifs is 1. The number of ketones is 1. The maximum absolute atomic E-state index is 12.7. The Balaban J connectivity index is 1.73. The van der Waals surface area contributed by atoms with E-state index in [1.165, 1.54) is 0 Å². The lowest BCUT2D eigenvalue weighted by Gasteiger charge is -2.38. The highest BCUT2D eigenvalue weighted by Crippen LogP contribution is 2.50. The summed E-state index contributed by atoms with van der Waals surface area (Å²) >= 11 is 0. The van der Waals surface area contributed by atoms with Gasteiger partial charge in [0.1, 0.15) is 41.1 Å². The van der Waals surface area contributed by atoms with Gasteiger partial charge >= 0.3 is 5.97 Å². The second kappa shape index (κ2) is 8.89. The number of hydrogen-bond acceptors (Lipinski definition) is 14. The fraction of sp³-hybridized carbons (Fsp3) is 0.333. The molecule has 15 heteroatoms.